The minimum Gasteiger partial charge on any atom is -0.491 e. The van der Waals surface area contributed by atoms with Crippen LogP contribution < -0.4 is 4.74 Å². The van der Waals surface area contributed by atoms with Gasteiger partial charge in [0.2, 0.25) is 0 Å². The normalized spacial score (nSPS) is 40.2. The third-order valence-corrected chi connectivity index (χ3v) is 7.91. The molecule has 29 heavy (non-hydrogen) atoms. The van der Waals surface area contributed by atoms with Crippen LogP contribution in [0.1, 0.15) is 57.9 Å². The van der Waals surface area contributed by atoms with Crippen molar-refractivity contribution in [1.29, 1.82) is 0 Å². The predicted molar refractivity (Wildman–Crippen MR) is 114 cm³/mol. The Bertz CT molecular complexity index is 657. The molecule has 1 aromatic rings. The highest BCUT2D eigenvalue weighted by Gasteiger charge is 2.51. The molecule has 0 radical (unpaired) electrons. The Kier molecular flexibility index (Phi) is 5.38. The minimum atomic E-state index is -0.477. The molecule has 4 nitrogen and oxygen atoms in total. The topological polar surface area (TPSA) is 41.9 Å². The zero-order valence-electron chi connectivity index (χ0n) is 18.1. The molecule has 5 aliphatic rings. The van der Waals surface area contributed by atoms with Crippen molar-refractivity contribution in [3.8, 4) is 5.75 Å². The highest BCUT2D eigenvalue weighted by molar-refractivity contribution is 5.34. The molecule has 1 aliphatic heterocycles. The molecule has 1 N–H and O–H groups in total. The van der Waals surface area contributed by atoms with Crippen LogP contribution in [0.4, 0.5) is 0 Å². The third-order valence-electron chi connectivity index (χ3n) is 7.91. The Morgan fingerprint density at radius 3 is 2.10 bits per heavy atom. The molecule has 0 aromatic heterocycles. The van der Waals surface area contributed by atoms with Gasteiger partial charge in [-0.3, -0.25) is 4.90 Å². The lowest BCUT2D eigenvalue weighted by atomic mass is 9.48. The van der Waals surface area contributed by atoms with Crippen molar-refractivity contribution >= 4 is 0 Å². The Morgan fingerprint density at radius 1 is 1.00 bits per heavy atom. The fourth-order valence-corrected chi connectivity index (χ4v) is 7.35. The zero-order chi connectivity index (χ0) is 20.0. The van der Waals surface area contributed by atoms with Gasteiger partial charge in [-0.1, -0.05) is 12.1 Å². The summed E-state index contributed by atoms with van der Waals surface area (Å²) in [5.74, 6) is 3.79. The van der Waals surface area contributed by atoms with Gasteiger partial charge in [-0.05, 0) is 93.2 Å². The molecule has 4 aliphatic carbocycles. The monoisotopic (exact) mass is 399 g/mol. The molecule has 160 valence electrons. The SMILES string of the molecule is C[C@@H]1CN(C[C@H](O)COc2ccc(C34CC5CC(CC(C5)C3)C4)cc2)C[C@H](C)O1. The van der Waals surface area contributed by atoms with Crippen LogP contribution in [0.15, 0.2) is 24.3 Å². The molecule has 1 saturated heterocycles. The van der Waals surface area contributed by atoms with Crippen molar-refractivity contribution in [2.24, 2.45) is 17.8 Å². The van der Waals surface area contributed by atoms with Crippen LogP contribution >= 0.6 is 0 Å². The van der Waals surface area contributed by atoms with Gasteiger partial charge in [0.05, 0.1) is 12.2 Å². The van der Waals surface area contributed by atoms with Crippen LogP contribution in [0.5, 0.6) is 5.75 Å². The predicted octanol–water partition coefficient (Wildman–Crippen LogP) is 4.00. The lowest BCUT2D eigenvalue weighted by Crippen LogP contribution is -2.48. The van der Waals surface area contributed by atoms with Gasteiger partial charge in [0, 0.05) is 19.6 Å². The smallest absolute Gasteiger partial charge is 0.119 e. The van der Waals surface area contributed by atoms with E-state index in [4.69, 9.17) is 9.47 Å². The summed E-state index contributed by atoms with van der Waals surface area (Å²) in [6, 6.07) is 8.86. The number of morpholine rings is 1. The maximum absolute atomic E-state index is 10.4. The molecule has 3 atom stereocenters. The Labute approximate surface area is 175 Å². The van der Waals surface area contributed by atoms with E-state index in [1.54, 1.807) is 0 Å². The van der Waals surface area contributed by atoms with Crippen molar-refractivity contribution in [2.45, 2.75) is 76.1 Å². The Balaban J connectivity index is 1.15. The van der Waals surface area contributed by atoms with Gasteiger partial charge in [-0.2, -0.15) is 0 Å². The fourth-order valence-electron chi connectivity index (χ4n) is 7.35. The lowest BCUT2D eigenvalue weighted by Gasteiger charge is -2.57. The fraction of sp³-hybridized carbons (Fsp3) is 0.760. The summed E-state index contributed by atoms with van der Waals surface area (Å²) in [5, 5.41) is 10.4. The Hall–Kier alpha value is -1.10. The zero-order valence-corrected chi connectivity index (χ0v) is 18.1. The van der Waals surface area contributed by atoms with Crippen molar-refractivity contribution in [3.63, 3.8) is 0 Å². The number of hydrogen-bond donors (Lipinski definition) is 1. The first-order valence-electron chi connectivity index (χ1n) is 11.8. The summed E-state index contributed by atoms with van der Waals surface area (Å²) in [6.07, 6.45) is 8.62. The first-order chi connectivity index (χ1) is 14.0. The van der Waals surface area contributed by atoms with Crippen molar-refractivity contribution in [1.82, 2.24) is 4.90 Å². The molecule has 0 spiro atoms. The van der Waals surface area contributed by atoms with Gasteiger partial charge in [-0.25, -0.2) is 0 Å². The van der Waals surface area contributed by atoms with Crippen LogP contribution in [0, 0.1) is 17.8 Å². The average Bonchev–Trinajstić information content (AvgIpc) is 2.65. The number of aliphatic hydroxyl groups is 1. The number of aliphatic hydroxyl groups excluding tert-OH is 1. The van der Waals surface area contributed by atoms with Gasteiger partial charge in [-0.15, -0.1) is 0 Å². The van der Waals surface area contributed by atoms with Crippen molar-refractivity contribution < 1.29 is 14.6 Å². The molecule has 5 fully saturated rings. The summed E-state index contributed by atoms with van der Waals surface area (Å²) >= 11 is 0. The second-order valence-electron chi connectivity index (χ2n) is 10.7. The summed E-state index contributed by atoms with van der Waals surface area (Å²) in [4.78, 5) is 2.28. The third kappa shape index (κ3) is 4.22. The van der Waals surface area contributed by atoms with E-state index in [1.807, 2.05) is 0 Å². The van der Waals surface area contributed by atoms with Crippen molar-refractivity contribution in [2.75, 3.05) is 26.2 Å². The standard InChI is InChI=1S/C25H37NO3/c1-17-13-26(14-18(2)29-17)15-23(27)16-28-24-5-3-22(4-6-24)25-10-19-7-20(11-25)9-21(8-19)12-25/h3-6,17-21,23,27H,7-16H2,1-2H3/t17-,18+,19?,20?,21?,23-,25?/m0/s1. The molecule has 4 heteroatoms. The summed E-state index contributed by atoms with van der Waals surface area (Å²) < 4.78 is 11.7. The number of hydrogen-bond acceptors (Lipinski definition) is 4. The average molecular weight is 400 g/mol. The van der Waals surface area contributed by atoms with Gasteiger partial charge < -0.3 is 14.6 Å². The highest BCUT2D eigenvalue weighted by Crippen LogP contribution is 2.60. The maximum Gasteiger partial charge on any atom is 0.119 e. The first kappa shape index (κ1) is 19.8. The minimum absolute atomic E-state index is 0.226. The van der Waals surface area contributed by atoms with Crippen LogP contribution in [-0.2, 0) is 10.2 Å². The van der Waals surface area contributed by atoms with Gasteiger partial charge >= 0.3 is 0 Å². The van der Waals surface area contributed by atoms with Gasteiger partial charge in [0.15, 0.2) is 0 Å². The number of benzene rings is 1. The second kappa shape index (κ2) is 7.86. The highest BCUT2D eigenvalue weighted by atomic mass is 16.5. The largest absolute Gasteiger partial charge is 0.491 e. The maximum atomic E-state index is 10.4. The first-order valence-corrected chi connectivity index (χ1v) is 11.8. The van der Waals surface area contributed by atoms with Crippen molar-refractivity contribution in [3.05, 3.63) is 29.8 Å². The molecule has 1 aromatic carbocycles. The van der Waals surface area contributed by atoms with Crippen LogP contribution in [0.2, 0.25) is 0 Å². The summed E-state index contributed by atoms with van der Waals surface area (Å²) in [5.41, 5.74) is 1.97. The van der Waals surface area contributed by atoms with E-state index in [2.05, 4.69) is 43.0 Å². The number of β-amino-alcohol motifs (C(OH)–C–C–N with tert-alkyl or cyclic N) is 1. The van der Waals surface area contributed by atoms with E-state index < -0.39 is 6.10 Å². The summed E-state index contributed by atoms with van der Waals surface area (Å²) in [7, 11) is 0. The lowest BCUT2D eigenvalue weighted by molar-refractivity contribution is -0.0786. The van der Waals surface area contributed by atoms with Gasteiger partial charge in [0.25, 0.3) is 0 Å². The molecular formula is C25H37NO3. The van der Waals surface area contributed by atoms with Gasteiger partial charge in [0.1, 0.15) is 18.5 Å². The van der Waals surface area contributed by atoms with E-state index in [0.29, 0.717) is 18.6 Å². The number of rotatable bonds is 6. The number of nitrogens with zero attached hydrogens (tertiary/aromatic N) is 1. The molecular weight excluding hydrogens is 362 g/mol. The molecule has 1 heterocycles. The van der Waals surface area contributed by atoms with E-state index in [1.165, 1.54) is 44.1 Å². The van der Waals surface area contributed by atoms with E-state index in [9.17, 15) is 5.11 Å². The Morgan fingerprint density at radius 2 is 1.55 bits per heavy atom. The quantitative estimate of drug-likeness (QED) is 0.785. The second-order valence-corrected chi connectivity index (χ2v) is 10.7. The number of ether oxygens (including phenoxy) is 2. The van der Waals surface area contributed by atoms with E-state index in [0.717, 1.165) is 36.6 Å². The van der Waals surface area contributed by atoms with E-state index in [-0.39, 0.29) is 12.2 Å². The molecule has 0 amide bonds. The van der Waals surface area contributed by atoms with E-state index >= 15 is 0 Å². The summed E-state index contributed by atoms with van der Waals surface area (Å²) in [6.45, 7) is 6.93. The molecule has 4 saturated carbocycles. The molecule has 4 bridgehead atoms. The van der Waals surface area contributed by atoms with Crippen LogP contribution in [0.25, 0.3) is 0 Å². The molecule has 0 unspecified atom stereocenters. The van der Waals surface area contributed by atoms with Crippen LogP contribution in [-0.4, -0.2) is 54.6 Å². The van der Waals surface area contributed by atoms with Crippen LogP contribution in [0.3, 0.4) is 0 Å². The molecule has 6 rings (SSSR count).